The van der Waals surface area contributed by atoms with Crippen molar-refractivity contribution in [2.24, 2.45) is 5.41 Å². The number of rotatable bonds is 10. The van der Waals surface area contributed by atoms with E-state index in [1.807, 2.05) is 38.1 Å². The summed E-state index contributed by atoms with van der Waals surface area (Å²) < 4.78 is 41.7. The van der Waals surface area contributed by atoms with Crippen LogP contribution in [-0.4, -0.2) is 61.6 Å². The number of nitrogens with zero attached hydrogens (tertiary/aromatic N) is 2. The second-order valence-electron chi connectivity index (χ2n) is 9.54. The molecule has 0 spiro atoms. The second-order valence-corrected chi connectivity index (χ2v) is 9.54. The van der Waals surface area contributed by atoms with Crippen LogP contribution in [0, 0.1) is 12.3 Å². The van der Waals surface area contributed by atoms with Gasteiger partial charge in [-0.05, 0) is 81.2 Å². The molecule has 1 saturated carbocycles. The van der Waals surface area contributed by atoms with Gasteiger partial charge in [0.2, 0.25) is 5.91 Å². The molecule has 0 bridgehead atoms. The summed E-state index contributed by atoms with van der Waals surface area (Å²) in [5, 5.41) is 5.47. The van der Waals surface area contributed by atoms with Crippen molar-refractivity contribution >= 4 is 11.8 Å². The fourth-order valence-electron chi connectivity index (χ4n) is 4.58. The van der Waals surface area contributed by atoms with Gasteiger partial charge in [0.1, 0.15) is 0 Å². The molecule has 1 aliphatic carbocycles. The lowest BCUT2D eigenvalue weighted by molar-refractivity contribution is -0.194. The molecule has 2 N–H and O–H groups in total. The van der Waals surface area contributed by atoms with Crippen LogP contribution < -0.4 is 10.6 Å². The third kappa shape index (κ3) is 6.20. The molecule has 190 valence electrons. The minimum absolute atomic E-state index is 0.0302. The van der Waals surface area contributed by atoms with Crippen molar-refractivity contribution in [3.63, 3.8) is 0 Å². The van der Waals surface area contributed by atoms with Gasteiger partial charge in [0, 0.05) is 49.9 Å². The molecule has 0 unspecified atom stereocenters. The Kier molecular flexibility index (Phi) is 8.20. The standard InChI is InChI=1S/C26H33F3N4O2/c1-17-13-20(24(35)30-2)6-5-19(17)14-21(33(3)4)16-32-23(34)15-22(18-7-11-31-12-8-18)25(9-10-25)26(27,28)29/h5-8,11-13,21-22H,9-10,14-16H2,1-4H3,(H,30,35)(H,32,34)/t21-,22-/m0/s1. The number of benzene rings is 1. The first-order valence-electron chi connectivity index (χ1n) is 11.7. The van der Waals surface area contributed by atoms with Crippen molar-refractivity contribution in [3.8, 4) is 0 Å². The molecule has 1 heterocycles. The van der Waals surface area contributed by atoms with E-state index in [1.165, 1.54) is 12.4 Å². The summed E-state index contributed by atoms with van der Waals surface area (Å²) in [5.41, 5.74) is 1.21. The monoisotopic (exact) mass is 490 g/mol. The first-order chi connectivity index (χ1) is 16.5. The predicted octanol–water partition coefficient (Wildman–Crippen LogP) is 3.85. The highest BCUT2D eigenvalue weighted by Crippen LogP contribution is 2.66. The average molecular weight is 491 g/mol. The van der Waals surface area contributed by atoms with Gasteiger partial charge < -0.3 is 15.5 Å². The quantitative estimate of drug-likeness (QED) is 0.531. The number of carbonyl (C=O) groups is 2. The molecule has 0 aliphatic heterocycles. The molecule has 1 aromatic carbocycles. The van der Waals surface area contributed by atoms with E-state index in [-0.39, 0.29) is 31.2 Å². The van der Waals surface area contributed by atoms with Crippen molar-refractivity contribution in [1.29, 1.82) is 0 Å². The highest BCUT2D eigenvalue weighted by molar-refractivity contribution is 5.94. The third-order valence-corrected chi connectivity index (χ3v) is 7.07. The van der Waals surface area contributed by atoms with Gasteiger partial charge in [-0.1, -0.05) is 6.07 Å². The van der Waals surface area contributed by atoms with Gasteiger partial charge in [-0.2, -0.15) is 13.2 Å². The summed E-state index contributed by atoms with van der Waals surface area (Å²) in [6.45, 7) is 2.23. The number of alkyl halides is 3. The van der Waals surface area contributed by atoms with E-state index in [9.17, 15) is 22.8 Å². The Bertz CT molecular complexity index is 1040. The summed E-state index contributed by atoms with van der Waals surface area (Å²) >= 11 is 0. The van der Waals surface area contributed by atoms with Crippen molar-refractivity contribution in [2.45, 2.75) is 50.7 Å². The van der Waals surface area contributed by atoms with Crippen LogP contribution in [0.25, 0.3) is 0 Å². The minimum Gasteiger partial charge on any atom is -0.355 e. The number of pyridine rings is 1. The van der Waals surface area contributed by atoms with E-state index >= 15 is 0 Å². The SMILES string of the molecule is CNC(=O)c1ccc(C[C@@H](CNC(=O)C[C@@H](c2ccncc2)C2(C(F)(F)F)CC2)N(C)C)c(C)c1. The van der Waals surface area contributed by atoms with E-state index < -0.39 is 23.4 Å². The summed E-state index contributed by atoms with van der Waals surface area (Å²) in [5.74, 6) is -1.50. The van der Waals surface area contributed by atoms with Gasteiger partial charge in [0.25, 0.3) is 5.91 Å². The Morgan fingerprint density at radius 3 is 2.31 bits per heavy atom. The maximum atomic E-state index is 13.9. The van der Waals surface area contributed by atoms with Crippen LogP contribution >= 0.6 is 0 Å². The molecule has 0 saturated heterocycles. The summed E-state index contributed by atoms with van der Waals surface area (Å²) in [6, 6.07) is 8.55. The number of hydrogen-bond acceptors (Lipinski definition) is 4. The van der Waals surface area contributed by atoms with E-state index in [0.29, 0.717) is 24.1 Å². The number of halogens is 3. The molecule has 1 aliphatic rings. The van der Waals surface area contributed by atoms with E-state index in [4.69, 9.17) is 0 Å². The van der Waals surface area contributed by atoms with E-state index in [1.54, 1.807) is 25.2 Å². The van der Waals surface area contributed by atoms with Crippen molar-refractivity contribution in [3.05, 3.63) is 65.0 Å². The minimum atomic E-state index is -4.37. The van der Waals surface area contributed by atoms with Crippen LogP contribution in [0.1, 0.15) is 52.2 Å². The molecule has 1 fully saturated rings. The van der Waals surface area contributed by atoms with Crippen LogP contribution in [-0.2, 0) is 11.2 Å². The molecular weight excluding hydrogens is 457 g/mol. The Morgan fingerprint density at radius 2 is 1.80 bits per heavy atom. The maximum absolute atomic E-state index is 13.9. The Morgan fingerprint density at radius 1 is 1.14 bits per heavy atom. The first-order valence-corrected chi connectivity index (χ1v) is 11.7. The fourth-order valence-corrected chi connectivity index (χ4v) is 4.58. The fraction of sp³-hybridized carbons (Fsp3) is 0.500. The zero-order valence-corrected chi connectivity index (χ0v) is 20.6. The topological polar surface area (TPSA) is 74.3 Å². The largest absolute Gasteiger partial charge is 0.395 e. The van der Waals surface area contributed by atoms with Gasteiger partial charge in [-0.25, -0.2) is 0 Å². The Hall–Kier alpha value is -2.94. The number of aromatic nitrogens is 1. The lowest BCUT2D eigenvalue weighted by atomic mass is 9.80. The summed E-state index contributed by atoms with van der Waals surface area (Å²) in [7, 11) is 5.37. The third-order valence-electron chi connectivity index (χ3n) is 7.07. The van der Waals surface area contributed by atoms with Crippen molar-refractivity contribution < 1.29 is 22.8 Å². The zero-order chi connectivity index (χ0) is 25.8. The normalized spacial score (nSPS) is 16.5. The molecule has 0 radical (unpaired) electrons. The Labute approximate surface area is 204 Å². The molecule has 2 amide bonds. The molecular formula is C26H33F3N4O2. The number of amides is 2. The molecule has 2 aromatic rings. The molecule has 3 rings (SSSR count). The first kappa shape index (κ1) is 26.7. The Balaban J connectivity index is 1.68. The van der Waals surface area contributed by atoms with E-state index in [0.717, 1.165) is 11.1 Å². The second kappa shape index (κ2) is 10.8. The van der Waals surface area contributed by atoms with Gasteiger partial charge in [-0.15, -0.1) is 0 Å². The number of likely N-dealkylation sites (N-methyl/N-ethyl adjacent to an activating group) is 1. The number of hydrogen-bond donors (Lipinski definition) is 2. The van der Waals surface area contributed by atoms with Crippen LogP contribution in [0.15, 0.2) is 42.7 Å². The van der Waals surface area contributed by atoms with Crippen LogP contribution in [0.5, 0.6) is 0 Å². The van der Waals surface area contributed by atoms with Crippen LogP contribution in [0.3, 0.4) is 0 Å². The predicted molar refractivity (Wildman–Crippen MR) is 128 cm³/mol. The van der Waals surface area contributed by atoms with Gasteiger partial charge in [0.15, 0.2) is 0 Å². The molecule has 1 aromatic heterocycles. The lowest BCUT2D eigenvalue weighted by Gasteiger charge is -2.30. The highest BCUT2D eigenvalue weighted by atomic mass is 19.4. The molecule has 9 heteroatoms. The number of nitrogens with one attached hydrogen (secondary N) is 2. The van der Waals surface area contributed by atoms with Gasteiger partial charge in [0.05, 0.1) is 5.41 Å². The maximum Gasteiger partial charge on any atom is 0.395 e. The zero-order valence-electron chi connectivity index (χ0n) is 20.6. The van der Waals surface area contributed by atoms with Crippen LogP contribution in [0.2, 0.25) is 0 Å². The average Bonchev–Trinajstić information content (AvgIpc) is 3.63. The molecule has 6 nitrogen and oxygen atoms in total. The van der Waals surface area contributed by atoms with Crippen molar-refractivity contribution in [1.82, 2.24) is 20.5 Å². The van der Waals surface area contributed by atoms with E-state index in [2.05, 4.69) is 15.6 Å². The molecule has 35 heavy (non-hydrogen) atoms. The highest BCUT2D eigenvalue weighted by Gasteiger charge is 2.67. The molecule has 2 atom stereocenters. The summed E-state index contributed by atoms with van der Waals surface area (Å²) in [6.07, 6.45) is -0.994. The smallest absolute Gasteiger partial charge is 0.355 e. The number of carbonyl (C=O) groups excluding carboxylic acids is 2. The van der Waals surface area contributed by atoms with Gasteiger partial charge in [-0.3, -0.25) is 14.6 Å². The van der Waals surface area contributed by atoms with Gasteiger partial charge >= 0.3 is 6.18 Å². The van der Waals surface area contributed by atoms with Crippen LogP contribution in [0.4, 0.5) is 13.2 Å². The number of aryl methyl sites for hydroxylation is 1. The van der Waals surface area contributed by atoms with Crippen molar-refractivity contribution in [2.75, 3.05) is 27.7 Å². The summed E-state index contributed by atoms with van der Waals surface area (Å²) in [4.78, 5) is 30.6. The lowest BCUT2D eigenvalue weighted by Crippen LogP contribution is -2.43.